The maximum Gasteiger partial charge on any atom is 0.130 e. The van der Waals surface area contributed by atoms with E-state index in [1.165, 1.54) is 31.4 Å². The molecule has 0 fully saturated rings. The molecule has 0 bridgehead atoms. The van der Waals surface area contributed by atoms with Gasteiger partial charge in [0, 0.05) is 11.1 Å². The van der Waals surface area contributed by atoms with Gasteiger partial charge in [0.1, 0.15) is 23.2 Å². The first kappa shape index (κ1) is 13.9. The van der Waals surface area contributed by atoms with Gasteiger partial charge in [0.15, 0.2) is 0 Å². The van der Waals surface area contributed by atoms with Gasteiger partial charge in [-0.25, -0.2) is 13.2 Å². The third kappa shape index (κ3) is 2.76. The average Bonchev–Trinajstić information content (AvgIpc) is 2.38. The van der Waals surface area contributed by atoms with E-state index in [1.807, 2.05) is 0 Å². The van der Waals surface area contributed by atoms with Crippen molar-refractivity contribution in [2.75, 3.05) is 7.11 Å². The second-order valence-corrected chi connectivity index (χ2v) is 4.80. The van der Waals surface area contributed by atoms with Crippen LogP contribution >= 0.6 is 15.9 Å². The van der Waals surface area contributed by atoms with Gasteiger partial charge < -0.3 is 4.74 Å². The standard InChI is InChI=1S/C14H10BrF3O/c1-19-12-6-5-8(16)7-9(12)14(15)13-10(17)3-2-4-11(13)18/h2-7,14H,1H3. The molecule has 0 spiro atoms. The summed E-state index contributed by atoms with van der Waals surface area (Å²) in [6.45, 7) is 0. The Morgan fingerprint density at radius 2 is 1.68 bits per heavy atom. The summed E-state index contributed by atoms with van der Waals surface area (Å²) in [4.78, 5) is -0.834. The zero-order valence-corrected chi connectivity index (χ0v) is 11.5. The van der Waals surface area contributed by atoms with Crippen LogP contribution in [0.1, 0.15) is 16.0 Å². The molecular formula is C14H10BrF3O. The van der Waals surface area contributed by atoms with Crippen LogP contribution in [0.3, 0.4) is 0 Å². The summed E-state index contributed by atoms with van der Waals surface area (Å²) in [5.41, 5.74) is 0.151. The molecule has 2 aromatic rings. The molecule has 0 aromatic heterocycles. The normalized spacial score (nSPS) is 12.3. The van der Waals surface area contributed by atoms with E-state index in [9.17, 15) is 13.2 Å². The van der Waals surface area contributed by atoms with Crippen molar-refractivity contribution in [3.63, 3.8) is 0 Å². The number of methoxy groups -OCH3 is 1. The number of halogens is 4. The average molecular weight is 331 g/mol. The van der Waals surface area contributed by atoms with Crippen LogP contribution in [-0.4, -0.2) is 7.11 Å². The smallest absolute Gasteiger partial charge is 0.130 e. The van der Waals surface area contributed by atoms with Crippen molar-refractivity contribution in [1.29, 1.82) is 0 Å². The zero-order chi connectivity index (χ0) is 14.0. The van der Waals surface area contributed by atoms with Crippen LogP contribution in [0.25, 0.3) is 0 Å². The lowest BCUT2D eigenvalue weighted by Gasteiger charge is -2.16. The monoisotopic (exact) mass is 330 g/mol. The SMILES string of the molecule is COc1ccc(F)cc1C(Br)c1c(F)cccc1F. The fourth-order valence-electron chi connectivity index (χ4n) is 1.81. The predicted molar refractivity (Wildman–Crippen MR) is 70.1 cm³/mol. The molecule has 2 aromatic carbocycles. The molecule has 0 radical (unpaired) electrons. The zero-order valence-electron chi connectivity index (χ0n) is 9.96. The summed E-state index contributed by atoms with van der Waals surface area (Å²) >= 11 is 3.19. The summed E-state index contributed by atoms with van der Waals surface area (Å²) in [6.07, 6.45) is 0. The lowest BCUT2D eigenvalue weighted by Crippen LogP contribution is -2.03. The highest BCUT2D eigenvalue weighted by atomic mass is 79.9. The molecular weight excluding hydrogens is 321 g/mol. The molecule has 0 saturated carbocycles. The van der Waals surface area contributed by atoms with E-state index in [-0.39, 0.29) is 5.56 Å². The van der Waals surface area contributed by atoms with Gasteiger partial charge >= 0.3 is 0 Å². The Kier molecular flexibility index (Phi) is 4.14. The molecule has 0 aliphatic carbocycles. The van der Waals surface area contributed by atoms with Crippen molar-refractivity contribution in [2.24, 2.45) is 0 Å². The molecule has 0 aliphatic rings. The van der Waals surface area contributed by atoms with E-state index < -0.39 is 22.3 Å². The number of alkyl halides is 1. The summed E-state index contributed by atoms with van der Waals surface area (Å²) in [6, 6.07) is 7.40. The minimum absolute atomic E-state index is 0.175. The second-order valence-electron chi connectivity index (χ2n) is 3.88. The second kappa shape index (κ2) is 5.65. The van der Waals surface area contributed by atoms with Gasteiger partial charge in [-0.15, -0.1) is 0 Å². The van der Waals surface area contributed by atoms with Crippen LogP contribution in [0.4, 0.5) is 13.2 Å². The van der Waals surface area contributed by atoms with Crippen molar-refractivity contribution in [2.45, 2.75) is 4.83 Å². The predicted octanol–water partition coefficient (Wildman–Crippen LogP) is 4.60. The Morgan fingerprint density at radius 3 is 2.26 bits per heavy atom. The molecule has 19 heavy (non-hydrogen) atoms. The van der Waals surface area contributed by atoms with Gasteiger partial charge in [-0.1, -0.05) is 22.0 Å². The molecule has 0 aliphatic heterocycles. The minimum atomic E-state index is -0.834. The maximum atomic E-state index is 13.7. The first-order valence-corrected chi connectivity index (χ1v) is 6.37. The van der Waals surface area contributed by atoms with E-state index >= 15 is 0 Å². The maximum absolute atomic E-state index is 13.7. The van der Waals surface area contributed by atoms with Crippen LogP contribution < -0.4 is 4.74 Å². The van der Waals surface area contributed by atoms with Crippen molar-refractivity contribution < 1.29 is 17.9 Å². The summed E-state index contributed by atoms with van der Waals surface area (Å²) < 4.78 is 45.8. The summed E-state index contributed by atoms with van der Waals surface area (Å²) in [7, 11) is 1.41. The Hall–Kier alpha value is -1.49. The number of hydrogen-bond acceptors (Lipinski definition) is 1. The lowest BCUT2D eigenvalue weighted by molar-refractivity contribution is 0.408. The van der Waals surface area contributed by atoms with Gasteiger partial charge in [0.2, 0.25) is 0 Å². The highest BCUT2D eigenvalue weighted by Crippen LogP contribution is 2.39. The van der Waals surface area contributed by atoms with Gasteiger partial charge in [-0.2, -0.15) is 0 Å². The number of rotatable bonds is 3. The third-order valence-corrected chi connectivity index (χ3v) is 3.67. The topological polar surface area (TPSA) is 9.23 Å². The van der Waals surface area contributed by atoms with E-state index in [1.54, 1.807) is 0 Å². The lowest BCUT2D eigenvalue weighted by atomic mass is 10.0. The molecule has 5 heteroatoms. The summed E-state index contributed by atoms with van der Waals surface area (Å²) in [5, 5.41) is 0. The van der Waals surface area contributed by atoms with Crippen LogP contribution in [0.2, 0.25) is 0 Å². The minimum Gasteiger partial charge on any atom is -0.496 e. The molecule has 0 amide bonds. The van der Waals surface area contributed by atoms with Crippen LogP contribution in [0.15, 0.2) is 36.4 Å². The van der Waals surface area contributed by atoms with Gasteiger partial charge in [0.25, 0.3) is 0 Å². The fourth-order valence-corrected chi connectivity index (χ4v) is 2.61. The van der Waals surface area contributed by atoms with Crippen LogP contribution in [0.5, 0.6) is 5.75 Å². The number of benzene rings is 2. The molecule has 0 heterocycles. The van der Waals surface area contributed by atoms with E-state index in [2.05, 4.69) is 15.9 Å². The summed E-state index contributed by atoms with van der Waals surface area (Å²) in [5.74, 6) is -1.55. The van der Waals surface area contributed by atoms with Gasteiger partial charge in [-0.3, -0.25) is 0 Å². The first-order chi connectivity index (χ1) is 9.04. The Labute approximate surface area is 117 Å². The third-order valence-electron chi connectivity index (χ3n) is 2.72. The number of ether oxygens (including phenoxy) is 1. The molecule has 1 nitrogen and oxygen atoms in total. The fraction of sp³-hybridized carbons (Fsp3) is 0.143. The Balaban J connectivity index is 2.55. The molecule has 1 atom stereocenters. The highest BCUT2D eigenvalue weighted by molar-refractivity contribution is 9.09. The van der Waals surface area contributed by atoms with E-state index in [4.69, 9.17) is 4.74 Å². The molecule has 0 N–H and O–H groups in total. The largest absolute Gasteiger partial charge is 0.496 e. The quantitative estimate of drug-likeness (QED) is 0.747. The Bertz CT molecular complexity index is 581. The first-order valence-electron chi connectivity index (χ1n) is 5.46. The van der Waals surface area contributed by atoms with Crippen molar-refractivity contribution >= 4 is 15.9 Å². The van der Waals surface area contributed by atoms with E-state index in [0.717, 1.165) is 12.1 Å². The van der Waals surface area contributed by atoms with Crippen LogP contribution in [-0.2, 0) is 0 Å². The number of hydrogen-bond donors (Lipinski definition) is 0. The van der Waals surface area contributed by atoms with E-state index in [0.29, 0.717) is 11.3 Å². The van der Waals surface area contributed by atoms with Crippen molar-refractivity contribution in [3.05, 3.63) is 65.0 Å². The van der Waals surface area contributed by atoms with Gasteiger partial charge in [-0.05, 0) is 30.3 Å². The Morgan fingerprint density at radius 1 is 1.05 bits per heavy atom. The highest BCUT2D eigenvalue weighted by Gasteiger charge is 2.22. The van der Waals surface area contributed by atoms with Crippen molar-refractivity contribution in [1.82, 2.24) is 0 Å². The van der Waals surface area contributed by atoms with Gasteiger partial charge in [0.05, 0.1) is 11.9 Å². The molecule has 0 saturated heterocycles. The van der Waals surface area contributed by atoms with Crippen molar-refractivity contribution in [3.8, 4) is 5.75 Å². The molecule has 100 valence electrons. The molecule has 2 rings (SSSR count). The molecule has 1 unspecified atom stereocenters. The van der Waals surface area contributed by atoms with Crippen LogP contribution in [0, 0.1) is 17.5 Å².